The second-order valence-electron chi connectivity index (χ2n) is 6.47. The summed E-state index contributed by atoms with van der Waals surface area (Å²) < 4.78 is 0. The van der Waals surface area contributed by atoms with Crippen molar-refractivity contribution in [3.8, 4) is 0 Å². The third-order valence-electron chi connectivity index (χ3n) is 5.35. The van der Waals surface area contributed by atoms with E-state index in [-0.39, 0.29) is 29.7 Å². The number of hydrogen-bond donors (Lipinski definition) is 1. The summed E-state index contributed by atoms with van der Waals surface area (Å²) in [5.41, 5.74) is 0. The van der Waals surface area contributed by atoms with Crippen molar-refractivity contribution in [1.82, 2.24) is 10.2 Å². The largest absolute Gasteiger partial charge is 0.311 e. The minimum Gasteiger partial charge on any atom is -0.311 e. The zero-order chi connectivity index (χ0) is 13.0. The number of amides is 2. The number of nitrogens with one attached hydrogen (secondary N) is 1. The highest BCUT2D eigenvalue weighted by atomic mass is 16.2. The number of likely N-dealkylation sites (tertiary alicyclic amines) is 1. The molecule has 2 bridgehead atoms. The molecule has 0 aromatic heterocycles. The predicted molar refractivity (Wildman–Crippen MR) is 70.2 cm³/mol. The number of hydrogen-bond acceptors (Lipinski definition) is 3. The molecule has 0 aromatic carbocycles. The van der Waals surface area contributed by atoms with E-state index in [2.05, 4.69) is 17.5 Å². The van der Waals surface area contributed by atoms with Crippen LogP contribution < -0.4 is 5.32 Å². The molecule has 0 saturated carbocycles. The summed E-state index contributed by atoms with van der Waals surface area (Å²) in [5, 5.41) is 3.57. The molecule has 3 heterocycles. The van der Waals surface area contributed by atoms with Crippen LogP contribution in [0, 0.1) is 11.8 Å². The molecule has 4 rings (SSSR count). The molecular weight excluding hydrogens is 240 g/mol. The molecule has 0 radical (unpaired) electrons. The van der Waals surface area contributed by atoms with E-state index in [4.69, 9.17) is 0 Å². The molecule has 102 valence electrons. The molecule has 0 aromatic rings. The summed E-state index contributed by atoms with van der Waals surface area (Å²) in [6.07, 6.45) is 9.94. The fourth-order valence-corrected chi connectivity index (χ4v) is 4.42. The standard InChI is InChI=1S/C15H20N2O2/c18-14-12-3-1-2-4-13(12)15(19)17(14)11-7-9-5-6-10(8-11)16-9/h1-2,9-13,16H,3-8H2. The number of fused-ring (bicyclic) bond motifs is 3. The molecule has 4 atom stereocenters. The second kappa shape index (κ2) is 4.17. The van der Waals surface area contributed by atoms with Crippen LogP contribution in [0.5, 0.6) is 0 Å². The van der Waals surface area contributed by atoms with E-state index in [1.165, 1.54) is 12.8 Å². The molecule has 4 heteroatoms. The van der Waals surface area contributed by atoms with Crippen LogP contribution in [0.1, 0.15) is 38.5 Å². The van der Waals surface area contributed by atoms with Gasteiger partial charge in [-0.1, -0.05) is 12.2 Å². The Labute approximate surface area is 113 Å². The van der Waals surface area contributed by atoms with Gasteiger partial charge in [0.25, 0.3) is 0 Å². The van der Waals surface area contributed by atoms with E-state index in [9.17, 15) is 9.59 Å². The third kappa shape index (κ3) is 1.69. The van der Waals surface area contributed by atoms with Gasteiger partial charge in [0.1, 0.15) is 0 Å². The van der Waals surface area contributed by atoms with Crippen molar-refractivity contribution < 1.29 is 9.59 Å². The average Bonchev–Trinajstić information content (AvgIpc) is 2.89. The van der Waals surface area contributed by atoms with Crippen molar-refractivity contribution >= 4 is 11.8 Å². The van der Waals surface area contributed by atoms with E-state index in [0.717, 1.165) is 25.7 Å². The summed E-state index contributed by atoms with van der Waals surface area (Å²) in [6, 6.07) is 1.19. The van der Waals surface area contributed by atoms with E-state index >= 15 is 0 Å². The summed E-state index contributed by atoms with van der Waals surface area (Å²) in [5.74, 6) is 0.0753. The van der Waals surface area contributed by atoms with E-state index < -0.39 is 0 Å². The van der Waals surface area contributed by atoms with Crippen LogP contribution in [0.3, 0.4) is 0 Å². The predicted octanol–water partition coefficient (Wildman–Crippen LogP) is 1.22. The summed E-state index contributed by atoms with van der Waals surface area (Å²) in [4.78, 5) is 26.7. The third-order valence-corrected chi connectivity index (χ3v) is 5.35. The van der Waals surface area contributed by atoms with Gasteiger partial charge in [-0.05, 0) is 38.5 Å². The van der Waals surface area contributed by atoms with Gasteiger partial charge in [0, 0.05) is 18.1 Å². The fourth-order valence-electron chi connectivity index (χ4n) is 4.42. The first kappa shape index (κ1) is 11.6. The van der Waals surface area contributed by atoms with Gasteiger partial charge in [-0.3, -0.25) is 14.5 Å². The molecule has 2 amide bonds. The Kier molecular flexibility index (Phi) is 2.56. The Bertz CT molecular complexity index is 421. The lowest BCUT2D eigenvalue weighted by Crippen LogP contribution is -2.50. The number of allylic oxidation sites excluding steroid dienone is 2. The lowest BCUT2D eigenvalue weighted by molar-refractivity contribution is -0.143. The lowest BCUT2D eigenvalue weighted by atomic mass is 9.85. The zero-order valence-electron chi connectivity index (χ0n) is 11.0. The van der Waals surface area contributed by atoms with E-state index in [0.29, 0.717) is 12.1 Å². The number of carbonyl (C=O) groups excluding carboxylic acids is 2. The molecular formula is C15H20N2O2. The van der Waals surface area contributed by atoms with Crippen molar-refractivity contribution in [2.24, 2.45) is 11.8 Å². The first-order valence-electron chi connectivity index (χ1n) is 7.52. The fraction of sp³-hybridized carbons (Fsp3) is 0.733. The van der Waals surface area contributed by atoms with Gasteiger partial charge in [-0.2, -0.15) is 0 Å². The van der Waals surface area contributed by atoms with Gasteiger partial charge in [0.2, 0.25) is 11.8 Å². The maximum atomic E-state index is 12.5. The van der Waals surface area contributed by atoms with E-state index in [1.807, 2.05) is 0 Å². The number of rotatable bonds is 1. The number of nitrogens with zero attached hydrogens (tertiary/aromatic N) is 1. The van der Waals surface area contributed by atoms with Crippen molar-refractivity contribution in [3.05, 3.63) is 12.2 Å². The normalized spacial score (nSPS) is 44.8. The lowest BCUT2D eigenvalue weighted by Gasteiger charge is -2.34. The maximum Gasteiger partial charge on any atom is 0.233 e. The quantitative estimate of drug-likeness (QED) is 0.569. The smallest absolute Gasteiger partial charge is 0.233 e. The highest BCUT2D eigenvalue weighted by Crippen LogP contribution is 2.39. The zero-order valence-corrected chi connectivity index (χ0v) is 11.0. The van der Waals surface area contributed by atoms with Gasteiger partial charge in [-0.15, -0.1) is 0 Å². The molecule has 4 unspecified atom stereocenters. The molecule has 3 saturated heterocycles. The molecule has 1 aliphatic carbocycles. The Balaban J connectivity index is 1.58. The number of imide groups is 1. The monoisotopic (exact) mass is 260 g/mol. The molecule has 19 heavy (non-hydrogen) atoms. The van der Waals surface area contributed by atoms with Crippen molar-refractivity contribution in [2.45, 2.75) is 56.7 Å². The Morgan fingerprint density at radius 3 is 2.00 bits per heavy atom. The van der Waals surface area contributed by atoms with Crippen LogP contribution in [-0.4, -0.2) is 34.8 Å². The number of carbonyl (C=O) groups is 2. The van der Waals surface area contributed by atoms with Gasteiger partial charge in [0.15, 0.2) is 0 Å². The van der Waals surface area contributed by atoms with Crippen molar-refractivity contribution in [2.75, 3.05) is 0 Å². The molecule has 4 nitrogen and oxygen atoms in total. The van der Waals surface area contributed by atoms with Crippen molar-refractivity contribution in [3.63, 3.8) is 0 Å². The Morgan fingerprint density at radius 1 is 0.947 bits per heavy atom. The Morgan fingerprint density at radius 2 is 1.47 bits per heavy atom. The Hall–Kier alpha value is -1.16. The molecule has 3 aliphatic heterocycles. The highest BCUT2D eigenvalue weighted by Gasteiger charge is 2.51. The van der Waals surface area contributed by atoms with Crippen LogP contribution in [0.4, 0.5) is 0 Å². The maximum absolute atomic E-state index is 12.5. The van der Waals surface area contributed by atoms with Crippen LogP contribution >= 0.6 is 0 Å². The minimum absolute atomic E-state index is 0.0648. The highest BCUT2D eigenvalue weighted by molar-refractivity contribution is 6.05. The first-order chi connectivity index (χ1) is 9.24. The molecule has 0 spiro atoms. The van der Waals surface area contributed by atoms with Crippen LogP contribution in [0.2, 0.25) is 0 Å². The van der Waals surface area contributed by atoms with Crippen LogP contribution in [0.15, 0.2) is 12.2 Å². The summed E-state index contributed by atoms with van der Waals surface area (Å²) in [6.45, 7) is 0. The summed E-state index contributed by atoms with van der Waals surface area (Å²) in [7, 11) is 0. The molecule has 4 aliphatic rings. The second-order valence-corrected chi connectivity index (χ2v) is 6.47. The number of piperidine rings is 1. The van der Waals surface area contributed by atoms with Gasteiger partial charge in [0.05, 0.1) is 11.8 Å². The molecule has 3 fully saturated rings. The minimum atomic E-state index is -0.0648. The van der Waals surface area contributed by atoms with E-state index in [1.54, 1.807) is 4.90 Å². The van der Waals surface area contributed by atoms with Crippen molar-refractivity contribution in [1.29, 1.82) is 0 Å². The summed E-state index contributed by atoms with van der Waals surface area (Å²) >= 11 is 0. The first-order valence-corrected chi connectivity index (χ1v) is 7.52. The average molecular weight is 260 g/mol. The van der Waals surface area contributed by atoms with Gasteiger partial charge in [-0.25, -0.2) is 0 Å². The van der Waals surface area contributed by atoms with Crippen LogP contribution in [-0.2, 0) is 9.59 Å². The SMILES string of the molecule is O=C1C2CC=CCC2C(=O)N1C1CC2CCC(C1)N2. The van der Waals surface area contributed by atoms with Gasteiger partial charge < -0.3 is 5.32 Å². The van der Waals surface area contributed by atoms with Gasteiger partial charge >= 0.3 is 0 Å². The van der Waals surface area contributed by atoms with Crippen LogP contribution in [0.25, 0.3) is 0 Å². The topological polar surface area (TPSA) is 49.4 Å². The molecule has 1 N–H and O–H groups in total.